The molecule has 0 bridgehead atoms. The molecule has 116 valence electrons. The zero-order valence-corrected chi connectivity index (χ0v) is 13.3. The van der Waals surface area contributed by atoms with Gasteiger partial charge in [0, 0.05) is 17.5 Å². The second-order valence-corrected chi connectivity index (χ2v) is 7.25. The third kappa shape index (κ3) is 3.37. The minimum Gasteiger partial charge on any atom is -0.481 e. The molecule has 3 rings (SSSR count). The molecule has 0 amide bonds. The number of carboxylic acids is 1. The highest BCUT2D eigenvalue weighted by molar-refractivity contribution is 7.15. The number of aryl methyl sites for hydroxylation is 1. The monoisotopic (exact) mass is 309 g/mol. The van der Waals surface area contributed by atoms with Crippen LogP contribution in [0.25, 0.3) is 0 Å². The van der Waals surface area contributed by atoms with Crippen molar-refractivity contribution in [2.45, 2.75) is 51.0 Å². The average molecular weight is 309 g/mol. The van der Waals surface area contributed by atoms with E-state index in [1.807, 2.05) is 0 Å². The summed E-state index contributed by atoms with van der Waals surface area (Å²) in [6.45, 7) is 5.60. The molecule has 1 saturated heterocycles. The Bertz CT molecular complexity index is 511. The van der Waals surface area contributed by atoms with Crippen molar-refractivity contribution in [1.82, 2.24) is 9.88 Å². The summed E-state index contributed by atoms with van der Waals surface area (Å²) in [6.07, 6.45) is 5.52. The van der Waals surface area contributed by atoms with Crippen molar-refractivity contribution in [3.63, 3.8) is 0 Å². The van der Waals surface area contributed by atoms with Crippen molar-refractivity contribution < 1.29 is 9.90 Å². The summed E-state index contributed by atoms with van der Waals surface area (Å²) in [6, 6.07) is 0.345. The van der Waals surface area contributed by atoms with E-state index in [0.717, 1.165) is 28.7 Å². The van der Waals surface area contributed by atoms with Gasteiger partial charge < -0.3 is 15.3 Å². The molecule has 0 radical (unpaired) electrons. The van der Waals surface area contributed by atoms with Gasteiger partial charge in [0.15, 0.2) is 5.13 Å². The van der Waals surface area contributed by atoms with Crippen molar-refractivity contribution in [2.24, 2.45) is 0 Å². The Kier molecular flexibility index (Phi) is 4.45. The molecule has 2 N–H and O–H groups in total. The zero-order chi connectivity index (χ0) is 14.8. The molecule has 1 aliphatic heterocycles. The van der Waals surface area contributed by atoms with Crippen LogP contribution >= 0.6 is 11.3 Å². The number of nitrogens with one attached hydrogen (secondary N) is 1. The molecule has 2 heterocycles. The van der Waals surface area contributed by atoms with Gasteiger partial charge in [-0.15, -0.1) is 11.3 Å². The number of hydrogen-bond acceptors (Lipinski definition) is 5. The lowest BCUT2D eigenvalue weighted by molar-refractivity contribution is -0.138. The van der Waals surface area contributed by atoms with Crippen molar-refractivity contribution in [3.05, 3.63) is 10.6 Å². The number of aliphatic carboxylic acids is 1. The first-order chi connectivity index (χ1) is 10.1. The van der Waals surface area contributed by atoms with Crippen LogP contribution in [-0.4, -0.2) is 46.6 Å². The number of piperidine rings is 1. The van der Waals surface area contributed by atoms with Crippen molar-refractivity contribution in [3.8, 4) is 0 Å². The third-order valence-electron chi connectivity index (χ3n) is 4.37. The van der Waals surface area contributed by atoms with Gasteiger partial charge >= 0.3 is 5.97 Å². The van der Waals surface area contributed by atoms with Crippen molar-refractivity contribution in [1.29, 1.82) is 0 Å². The molecule has 5 nitrogen and oxygen atoms in total. The Morgan fingerprint density at radius 2 is 2.24 bits per heavy atom. The number of carbonyl (C=O) groups is 1. The quantitative estimate of drug-likeness (QED) is 0.875. The van der Waals surface area contributed by atoms with E-state index in [1.54, 1.807) is 11.3 Å². The first-order valence-corrected chi connectivity index (χ1v) is 8.66. The number of thiazole rings is 1. The Labute approximate surface area is 129 Å². The number of likely N-dealkylation sites (tertiary alicyclic amines) is 1. The fraction of sp³-hybridized carbons (Fsp3) is 0.733. The van der Waals surface area contributed by atoms with E-state index in [0.29, 0.717) is 12.5 Å². The van der Waals surface area contributed by atoms with Crippen LogP contribution in [0, 0.1) is 0 Å². The number of nitrogens with zero attached hydrogens (tertiary/aromatic N) is 2. The Balaban J connectivity index is 1.58. The normalized spacial score (nSPS) is 23.8. The summed E-state index contributed by atoms with van der Waals surface area (Å²) in [7, 11) is 0. The zero-order valence-electron chi connectivity index (χ0n) is 12.5. The number of fused-ring (bicyclic) bond motifs is 1. The molecule has 2 unspecified atom stereocenters. The van der Waals surface area contributed by atoms with Crippen LogP contribution in [0.3, 0.4) is 0 Å². The summed E-state index contributed by atoms with van der Waals surface area (Å²) in [5.74, 6) is -1.14. The first-order valence-electron chi connectivity index (χ1n) is 7.85. The standard InChI is InChI=1S/C15H23N3O2S/c1-10(9-18-7-3-2-4-8-18)16-15-17-13-11(14(19)20)5-6-12(13)21-15/h10-11H,2-9H2,1H3,(H,16,17)(H,19,20). The smallest absolute Gasteiger partial charge is 0.312 e. The van der Waals surface area contributed by atoms with Gasteiger partial charge in [-0.2, -0.15) is 0 Å². The maximum absolute atomic E-state index is 11.2. The van der Waals surface area contributed by atoms with E-state index in [9.17, 15) is 9.90 Å². The molecule has 2 aliphatic rings. The van der Waals surface area contributed by atoms with Gasteiger partial charge in [-0.1, -0.05) is 6.42 Å². The molecule has 1 aromatic rings. The summed E-state index contributed by atoms with van der Waals surface area (Å²) in [4.78, 5) is 19.4. The van der Waals surface area contributed by atoms with Crippen LogP contribution in [0.2, 0.25) is 0 Å². The highest BCUT2D eigenvalue weighted by Crippen LogP contribution is 2.38. The Morgan fingerprint density at radius 1 is 1.48 bits per heavy atom. The maximum Gasteiger partial charge on any atom is 0.312 e. The molecule has 0 saturated carbocycles. The third-order valence-corrected chi connectivity index (χ3v) is 5.43. The van der Waals surface area contributed by atoms with Gasteiger partial charge in [0.1, 0.15) is 5.92 Å². The number of anilines is 1. The predicted octanol–water partition coefficient (Wildman–Crippen LogP) is 2.54. The van der Waals surface area contributed by atoms with Gasteiger partial charge in [0.2, 0.25) is 0 Å². The molecule has 1 aliphatic carbocycles. The maximum atomic E-state index is 11.2. The predicted molar refractivity (Wildman–Crippen MR) is 84.2 cm³/mol. The largest absolute Gasteiger partial charge is 0.481 e. The molecule has 21 heavy (non-hydrogen) atoms. The highest BCUT2D eigenvalue weighted by Gasteiger charge is 2.32. The van der Waals surface area contributed by atoms with E-state index in [-0.39, 0.29) is 0 Å². The number of aromatic nitrogens is 1. The highest BCUT2D eigenvalue weighted by atomic mass is 32.1. The summed E-state index contributed by atoms with van der Waals surface area (Å²) < 4.78 is 0. The van der Waals surface area contributed by atoms with E-state index in [1.165, 1.54) is 32.4 Å². The van der Waals surface area contributed by atoms with Gasteiger partial charge in [-0.25, -0.2) is 4.98 Å². The molecule has 6 heteroatoms. The van der Waals surface area contributed by atoms with E-state index < -0.39 is 11.9 Å². The average Bonchev–Trinajstić information content (AvgIpc) is 2.98. The molecule has 0 spiro atoms. The molecular weight excluding hydrogens is 286 g/mol. The number of hydrogen-bond donors (Lipinski definition) is 2. The van der Waals surface area contributed by atoms with Crippen LogP contribution < -0.4 is 5.32 Å². The Morgan fingerprint density at radius 3 is 2.95 bits per heavy atom. The van der Waals surface area contributed by atoms with E-state index >= 15 is 0 Å². The van der Waals surface area contributed by atoms with Crippen LogP contribution in [-0.2, 0) is 11.2 Å². The number of carboxylic acid groups (broad SMARTS) is 1. The van der Waals surface area contributed by atoms with Gasteiger partial charge in [0.05, 0.1) is 5.69 Å². The summed E-state index contributed by atoms with van der Waals surface area (Å²) in [5.41, 5.74) is 0.792. The Hall–Kier alpha value is -1.14. The lowest BCUT2D eigenvalue weighted by atomic mass is 10.1. The first kappa shape index (κ1) is 14.8. The SMILES string of the molecule is CC(CN1CCCCC1)Nc1nc2c(s1)CCC2C(=O)O. The fourth-order valence-electron chi connectivity index (χ4n) is 3.31. The van der Waals surface area contributed by atoms with Crippen LogP contribution in [0.4, 0.5) is 5.13 Å². The summed E-state index contributed by atoms with van der Waals surface area (Å²) in [5, 5.41) is 13.5. The molecule has 0 aromatic carbocycles. The minimum absolute atomic E-state index is 0.345. The van der Waals surface area contributed by atoms with Crippen LogP contribution in [0.5, 0.6) is 0 Å². The minimum atomic E-state index is -0.744. The number of rotatable bonds is 5. The van der Waals surface area contributed by atoms with Gasteiger partial charge in [0.25, 0.3) is 0 Å². The van der Waals surface area contributed by atoms with E-state index in [4.69, 9.17) is 0 Å². The van der Waals surface area contributed by atoms with Gasteiger partial charge in [-0.05, 0) is 45.7 Å². The van der Waals surface area contributed by atoms with E-state index in [2.05, 4.69) is 22.1 Å². The molecule has 2 atom stereocenters. The van der Waals surface area contributed by atoms with Crippen molar-refractivity contribution >= 4 is 22.4 Å². The molecule has 1 aromatic heterocycles. The lowest BCUT2D eigenvalue weighted by Gasteiger charge is -2.29. The van der Waals surface area contributed by atoms with Crippen molar-refractivity contribution in [2.75, 3.05) is 25.0 Å². The second kappa shape index (κ2) is 6.32. The lowest BCUT2D eigenvalue weighted by Crippen LogP contribution is -2.38. The van der Waals surface area contributed by atoms with Crippen LogP contribution in [0.1, 0.15) is 49.1 Å². The van der Waals surface area contributed by atoms with Crippen LogP contribution in [0.15, 0.2) is 0 Å². The molecular formula is C15H23N3O2S. The second-order valence-electron chi connectivity index (χ2n) is 6.16. The van der Waals surface area contributed by atoms with Gasteiger partial charge in [-0.3, -0.25) is 4.79 Å². The topological polar surface area (TPSA) is 65.5 Å². The molecule has 1 fully saturated rings. The summed E-state index contributed by atoms with van der Waals surface area (Å²) >= 11 is 1.63. The fourth-order valence-corrected chi connectivity index (χ4v) is 4.46.